The maximum Gasteiger partial charge on any atom is 0.707 e. The van der Waals surface area contributed by atoms with Crippen molar-refractivity contribution < 1.29 is 33.0 Å². The summed E-state index contributed by atoms with van der Waals surface area (Å²) >= 11 is 0. The summed E-state index contributed by atoms with van der Waals surface area (Å²) < 4.78 is 40.9. The van der Waals surface area contributed by atoms with Crippen LogP contribution < -0.4 is 4.65 Å². The standard InChI is InChI=1S/C7H6BF3O4/c9-7(10,11)5-3-4(15-8(13)14)1-2-6(5)12/h1-3,12-14H. The molecule has 4 nitrogen and oxygen atoms in total. The fourth-order valence-electron chi connectivity index (χ4n) is 0.937. The van der Waals surface area contributed by atoms with Crippen LogP contribution in [0.5, 0.6) is 11.5 Å². The average molecular weight is 222 g/mol. The predicted molar refractivity (Wildman–Crippen MR) is 43.9 cm³/mol. The summed E-state index contributed by atoms with van der Waals surface area (Å²) in [6.45, 7) is 0. The van der Waals surface area contributed by atoms with Crippen molar-refractivity contribution in [2.75, 3.05) is 0 Å². The van der Waals surface area contributed by atoms with Crippen LogP contribution in [0.25, 0.3) is 0 Å². The Bertz CT molecular complexity index is 353. The minimum Gasteiger partial charge on any atom is -0.512 e. The Balaban J connectivity index is 3.06. The minimum atomic E-state index is -4.73. The monoisotopic (exact) mass is 222 g/mol. The SMILES string of the molecule is OB(O)Oc1ccc(O)c(C(F)(F)F)c1. The summed E-state index contributed by atoms with van der Waals surface area (Å²) in [7, 11) is -2.21. The topological polar surface area (TPSA) is 69.9 Å². The second-order valence-corrected chi connectivity index (χ2v) is 2.62. The van der Waals surface area contributed by atoms with E-state index < -0.39 is 30.6 Å². The third kappa shape index (κ3) is 3.03. The molecule has 0 spiro atoms. The zero-order valence-electron chi connectivity index (χ0n) is 7.19. The molecule has 0 bridgehead atoms. The van der Waals surface area contributed by atoms with Gasteiger partial charge in [-0.2, -0.15) is 13.2 Å². The largest absolute Gasteiger partial charge is 0.707 e. The highest BCUT2D eigenvalue weighted by molar-refractivity contribution is 6.33. The molecule has 0 saturated heterocycles. The van der Waals surface area contributed by atoms with Gasteiger partial charge >= 0.3 is 13.5 Å². The smallest absolute Gasteiger partial charge is 0.512 e. The van der Waals surface area contributed by atoms with Crippen LogP contribution in [-0.2, 0) is 6.18 Å². The van der Waals surface area contributed by atoms with Crippen LogP contribution in [0.15, 0.2) is 18.2 Å². The molecule has 0 fully saturated rings. The second-order valence-electron chi connectivity index (χ2n) is 2.62. The van der Waals surface area contributed by atoms with E-state index in [9.17, 15) is 13.2 Å². The fraction of sp³-hybridized carbons (Fsp3) is 0.143. The molecular formula is C7H6BF3O4. The minimum absolute atomic E-state index is 0.407. The van der Waals surface area contributed by atoms with E-state index >= 15 is 0 Å². The molecule has 0 atom stereocenters. The van der Waals surface area contributed by atoms with E-state index in [0.29, 0.717) is 6.07 Å². The van der Waals surface area contributed by atoms with Crippen molar-refractivity contribution in [1.82, 2.24) is 0 Å². The molecule has 1 aromatic carbocycles. The molecule has 0 radical (unpaired) electrons. The molecule has 1 rings (SSSR count). The molecule has 8 heteroatoms. The number of hydrogen-bond donors (Lipinski definition) is 3. The van der Waals surface area contributed by atoms with Gasteiger partial charge in [-0.25, -0.2) is 0 Å². The summed E-state index contributed by atoms with van der Waals surface area (Å²) in [6, 6.07) is 2.19. The highest BCUT2D eigenvalue weighted by Gasteiger charge is 2.34. The Morgan fingerprint density at radius 2 is 1.80 bits per heavy atom. The lowest BCUT2D eigenvalue weighted by Gasteiger charge is -2.11. The number of phenols is 1. The lowest BCUT2D eigenvalue weighted by atomic mass is 10.1. The van der Waals surface area contributed by atoms with Gasteiger partial charge in [-0.15, -0.1) is 0 Å². The molecule has 0 aliphatic heterocycles. The zero-order chi connectivity index (χ0) is 11.6. The zero-order valence-corrected chi connectivity index (χ0v) is 7.19. The molecule has 0 aliphatic carbocycles. The quantitative estimate of drug-likeness (QED) is 0.646. The van der Waals surface area contributed by atoms with Crippen LogP contribution in [0, 0.1) is 0 Å². The normalized spacial score (nSPS) is 11.3. The van der Waals surface area contributed by atoms with Crippen molar-refractivity contribution in [2.45, 2.75) is 6.18 Å². The number of phenolic OH excluding ortho intramolecular Hbond substituents is 1. The number of aromatic hydroxyl groups is 1. The predicted octanol–water partition coefficient (Wildman–Crippen LogP) is 0.759. The van der Waals surface area contributed by atoms with Crippen LogP contribution in [0.1, 0.15) is 5.56 Å². The average Bonchev–Trinajstić information content (AvgIpc) is 2.05. The van der Waals surface area contributed by atoms with E-state index in [0.717, 1.165) is 12.1 Å². The Hall–Kier alpha value is -1.41. The molecule has 0 amide bonds. The number of hydrogen-bond acceptors (Lipinski definition) is 4. The van der Waals surface area contributed by atoms with Crippen LogP contribution in [0.2, 0.25) is 0 Å². The Kier molecular flexibility index (Phi) is 3.11. The van der Waals surface area contributed by atoms with Gasteiger partial charge in [0.2, 0.25) is 0 Å². The van der Waals surface area contributed by atoms with Crippen molar-refractivity contribution >= 4 is 7.32 Å². The van der Waals surface area contributed by atoms with Gasteiger partial charge in [0.05, 0.1) is 0 Å². The van der Waals surface area contributed by atoms with E-state index in [1.54, 1.807) is 0 Å². The number of alkyl halides is 3. The molecule has 0 saturated carbocycles. The highest BCUT2D eigenvalue weighted by Crippen LogP contribution is 2.37. The summed E-state index contributed by atoms with van der Waals surface area (Å²) in [5.74, 6) is -1.36. The van der Waals surface area contributed by atoms with Crippen LogP contribution in [0.4, 0.5) is 13.2 Å². The maximum absolute atomic E-state index is 12.2. The van der Waals surface area contributed by atoms with Crippen LogP contribution in [0.3, 0.4) is 0 Å². The van der Waals surface area contributed by atoms with Crippen molar-refractivity contribution in [1.29, 1.82) is 0 Å². The van der Waals surface area contributed by atoms with E-state index in [-0.39, 0.29) is 0 Å². The van der Waals surface area contributed by atoms with E-state index in [1.807, 2.05) is 0 Å². The van der Waals surface area contributed by atoms with E-state index in [2.05, 4.69) is 4.65 Å². The summed E-state index contributed by atoms with van der Waals surface area (Å²) in [5.41, 5.74) is -1.30. The summed E-state index contributed by atoms with van der Waals surface area (Å²) in [6.07, 6.45) is -4.73. The lowest BCUT2D eigenvalue weighted by molar-refractivity contribution is -0.138. The second kappa shape index (κ2) is 3.99. The number of benzene rings is 1. The molecule has 3 N–H and O–H groups in total. The van der Waals surface area contributed by atoms with Gasteiger partial charge in [0.25, 0.3) is 0 Å². The van der Waals surface area contributed by atoms with Gasteiger partial charge in [-0.3, -0.25) is 0 Å². The van der Waals surface area contributed by atoms with Gasteiger partial charge in [-0.05, 0) is 18.2 Å². The molecule has 0 aromatic heterocycles. The third-order valence-electron chi connectivity index (χ3n) is 1.51. The fourth-order valence-corrected chi connectivity index (χ4v) is 0.937. The molecule has 1 aromatic rings. The Labute approximate surface area is 82.7 Å². The Morgan fingerprint density at radius 1 is 1.20 bits per heavy atom. The first-order valence-electron chi connectivity index (χ1n) is 3.73. The first kappa shape index (κ1) is 11.7. The van der Waals surface area contributed by atoms with Crippen molar-refractivity contribution in [3.05, 3.63) is 23.8 Å². The number of halogens is 3. The maximum atomic E-state index is 12.2. The summed E-state index contributed by atoms with van der Waals surface area (Å²) in [4.78, 5) is 0. The molecule has 82 valence electrons. The first-order valence-corrected chi connectivity index (χ1v) is 3.73. The number of rotatable bonds is 2. The van der Waals surface area contributed by atoms with Gasteiger partial charge in [0.1, 0.15) is 17.1 Å². The summed E-state index contributed by atoms with van der Waals surface area (Å²) in [5, 5.41) is 25.6. The van der Waals surface area contributed by atoms with Gasteiger partial charge in [-0.1, -0.05) is 0 Å². The third-order valence-corrected chi connectivity index (χ3v) is 1.51. The van der Waals surface area contributed by atoms with E-state index in [4.69, 9.17) is 15.2 Å². The lowest BCUT2D eigenvalue weighted by Crippen LogP contribution is -2.20. The van der Waals surface area contributed by atoms with Gasteiger partial charge < -0.3 is 19.8 Å². The molecule has 15 heavy (non-hydrogen) atoms. The molecule has 0 aliphatic rings. The van der Waals surface area contributed by atoms with Crippen LogP contribution >= 0.6 is 0 Å². The molecule has 0 unspecified atom stereocenters. The van der Waals surface area contributed by atoms with E-state index in [1.165, 1.54) is 0 Å². The van der Waals surface area contributed by atoms with Gasteiger partial charge in [0, 0.05) is 0 Å². The molecule has 0 heterocycles. The van der Waals surface area contributed by atoms with Crippen molar-refractivity contribution in [3.63, 3.8) is 0 Å². The first-order chi connectivity index (χ1) is 6.80. The van der Waals surface area contributed by atoms with Crippen molar-refractivity contribution in [2.24, 2.45) is 0 Å². The highest BCUT2D eigenvalue weighted by atomic mass is 19.4. The van der Waals surface area contributed by atoms with Crippen molar-refractivity contribution in [3.8, 4) is 11.5 Å². The van der Waals surface area contributed by atoms with Crippen LogP contribution in [-0.4, -0.2) is 22.5 Å². The van der Waals surface area contributed by atoms with Gasteiger partial charge in [0.15, 0.2) is 0 Å². The molecular weight excluding hydrogens is 216 g/mol. The Morgan fingerprint density at radius 3 is 2.27 bits per heavy atom.